The van der Waals surface area contributed by atoms with E-state index in [9.17, 15) is 14.7 Å². The summed E-state index contributed by atoms with van der Waals surface area (Å²) in [6.07, 6.45) is 2.13. The maximum atomic E-state index is 13.5. The summed E-state index contributed by atoms with van der Waals surface area (Å²) in [6.45, 7) is 4.75. The highest BCUT2D eigenvalue weighted by atomic mass is 16.3. The number of aliphatic hydroxyl groups is 1. The summed E-state index contributed by atoms with van der Waals surface area (Å²) in [5, 5.41) is 10.8. The van der Waals surface area contributed by atoms with Gasteiger partial charge in [0, 0.05) is 25.7 Å². The van der Waals surface area contributed by atoms with Crippen LogP contribution in [0.4, 0.5) is 0 Å². The van der Waals surface area contributed by atoms with Crippen LogP contribution in [0.5, 0.6) is 0 Å². The first-order valence-electron chi connectivity index (χ1n) is 10.3. The highest BCUT2D eigenvalue weighted by molar-refractivity contribution is 6.05. The van der Waals surface area contributed by atoms with E-state index >= 15 is 0 Å². The van der Waals surface area contributed by atoms with Crippen molar-refractivity contribution >= 4 is 11.8 Å². The highest BCUT2D eigenvalue weighted by Crippen LogP contribution is 2.44. The Hall–Kier alpha value is -2.66. The Morgan fingerprint density at radius 2 is 1.76 bits per heavy atom. The van der Waals surface area contributed by atoms with E-state index in [4.69, 9.17) is 0 Å². The fourth-order valence-corrected chi connectivity index (χ4v) is 5.11. The van der Waals surface area contributed by atoms with Crippen LogP contribution in [0.2, 0.25) is 0 Å². The molecule has 2 amide bonds. The second-order valence-corrected chi connectivity index (χ2v) is 9.24. The maximum absolute atomic E-state index is 13.5. The van der Waals surface area contributed by atoms with Gasteiger partial charge in [0.1, 0.15) is 0 Å². The average Bonchev–Trinajstić information content (AvgIpc) is 3.38. The molecule has 1 saturated carbocycles. The van der Waals surface area contributed by atoms with E-state index in [1.54, 1.807) is 25.8 Å². The Morgan fingerprint density at radius 1 is 1.00 bits per heavy atom. The number of fused-ring (bicyclic) bond motifs is 2. The number of carbonyl (C=O) groups excluding carboxylic acids is 2. The van der Waals surface area contributed by atoms with Gasteiger partial charge >= 0.3 is 0 Å². The zero-order valence-corrected chi connectivity index (χ0v) is 17.1. The molecule has 0 spiro atoms. The van der Waals surface area contributed by atoms with Crippen molar-refractivity contribution in [2.45, 2.75) is 51.4 Å². The summed E-state index contributed by atoms with van der Waals surface area (Å²) in [5.74, 6) is 0.422. The van der Waals surface area contributed by atoms with Crippen LogP contribution in [0.15, 0.2) is 36.4 Å². The van der Waals surface area contributed by atoms with Crippen LogP contribution in [0.25, 0.3) is 11.1 Å². The van der Waals surface area contributed by atoms with Crippen LogP contribution in [0, 0.1) is 5.92 Å². The Bertz CT molecular complexity index is 1030. The predicted molar refractivity (Wildman–Crippen MR) is 110 cm³/mol. The number of hydrogen-bond donors (Lipinski definition) is 1. The lowest BCUT2D eigenvalue weighted by Crippen LogP contribution is -2.51. The van der Waals surface area contributed by atoms with Crippen molar-refractivity contribution < 1.29 is 14.7 Å². The first-order valence-corrected chi connectivity index (χ1v) is 10.3. The van der Waals surface area contributed by atoms with Gasteiger partial charge in [0.05, 0.1) is 17.2 Å². The van der Waals surface area contributed by atoms with Crippen LogP contribution in [0.3, 0.4) is 0 Å². The Labute approximate surface area is 170 Å². The number of benzene rings is 2. The number of nitrogens with zero attached hydrogens (tertiary/aromatic N) is 2. The molecule has 3 aliphatic rings. The first-order chi connectivity index (χ1) is 13.8. The van der Waals surface area contributed by atoms with E-state index in [1.807, 2.05) is 41.3 Å². The van der Waals surface area contributed by atoms with Gasteiger partial charge in [-0.15, -0.1) is 0 Å². The van der Waals surface area contributed by atoms with E-state index in [0.29, 0.717) is 19.0 Å². The van der Waals surface area contributed by atoms with Crippen LogP contribution in [-0.4, -0.2) is 45.4 Å². The molecule has 29 heavy (non-hydrogen) atoms. The second kappa shape index (κ2) is 6.17. The first kappa shape index (κ1) is 18.4. The molecule has 2 heterocycles. The third-order valence-electron chi connectivity index (χ3n) is 6.50. The molecular weight excluding hydrogens is 364 g/mol. The molecule has 1 N–H and O–H groups in total. The Morgan fingerprint density at radius 3 is 2.45 bits per heavy atom. The molecule has 5 heteroatoms. The molecule has 0 saturated heterocycles. The normalized spacial score (nSPS) is 19.6. The summed E-state index contributed by atoms with van der Waals surface area (Å²) < 4.78 is 0. The lowest BCUT2D eigenvalue weighted by molar-refractivity contribution is -0.0224. The molecule has 0 radical (unpaired) electrons. The molecule has 1 atom stereocenters. The van der Waals surface area contributed by atoms with Crippen molar-refractivity contribution in [2.75, 3.05) is 7.05 Å². The van der Waals surface area contributed by atoms with Crippen LogP contribution in [0.1, 0.15) is 58.5 Å². The van der Waals surface area contributed by atoms with Crippen molar-refractivity contribution in [1.82, 2.24) is 9.80 Å². The molecule has 1 unspecified atom stereocenters. The molecular formula is C24H26N2O3. The van der Waals surface area contributed by atoms with Gasteiger partial charge in [-0.2, -0.15) is 0 Å². The number of hydrogen-bond acceptors (Lipinski definition) is 3. The Kier molecular flexibility index (Phi) is 3.91. The van der Waals surface area contributed by atoms with Gasteiger partial charge in [-0.1, -0.05) is 24.3 Å². The molecule has 150 valence electrons. The molecule has 2 aromatic rings. The summed E-state index contributed by atoms with van der Waals surface area (Å²) >= 11 is 0. The highest BCUT2D eigenvalue weighted by Gasteiger charge is 2.48. The molecule has 5 rings (SSSR count). The van der Waals surface area contributed by atoms with Gasteiger partial charge in [0.25, 0.3) is 11.8 Å². The van der Waals surface area contributed by atoms with Crippen molar-refractivity contribution in [1.29, 1.82) is 0 Å². The molecule has 1 aliphatic carbocycles. The Balaban J connectivity index is 1.55. The van der Waals surface area contributed by atoms with E-state index in [-0.39, 0.29) is 17.9 Å². The van der Waals surface area contributed by atoms with E-state index in [0.717, 1.165) is 46.2 Å². The minimum absolute atomic E-state index is 0.00307. The molecule has 2 aromatic carbocycles. The van der Waals surface area contributed by atoms with E-state index in [2.05, 4.69) is 0 Å². The smallest absolute Gasteiger partial charge is 0.255 e. The quantitative estimate of drug-likeness (QED) is 0.870. The van der Waals surface area contributed by atoms with Crippen LogP contribution < -0.4 is 0 Å². The second-order valence-electron chi connectivity index (χ2n) is 9.24. The monoisotopic (exact) mass is 390 g/mol. The summed E-state index contributed by atoms with van der Waals surface area (Å²) in [5.41, 5.74) is 4.43. The standard InChI is InChI=1S/C24H26N2O3/c1-24(2,29)21(14-7-8-14)26-13-16-5-4-6-18(20(16)23(26)28)15-9-10-19-17(11-15)12-25(3)22(19)27/h4-6,9-11,14,21,29H,7-8,12-13H2,1-3H3. The minimum Gasteiger partial charge on any atom is -0.388 e. The fraction of sp³-hybridized carbons (Fsp3) is 0.417. The minimum atomic E-state index is -0.933. The van der Waals surface area contributed by atoms with E-state index < -0.39 is 5.60 Å². The number of carbonyl (C=O) groups is 2. The van der Waals surface area contributed by atoms with Crippen molar-refractivity contribution in [3.05, 3.63) is 58.7 Å². The van der Waals surface area contributed by atoms with Crippen LogP contribution >= 0.6 is 0 Å². The molecule has 0 aromatic heterocycles. The van der Waals surface area contributed by atoms with Gasteiger partial charge in [0.2, 0.25) is 0 Å². The third-order valence-corrected chi connectivity index (χ3v) is 6.50. The van der Waals surface area contributed by atoms with Crippen molar-refractivity contribution in [2.24, 2.45) is 5.92 Å². The summed E-state index contributed by atoms with van der Waals surface area (Å²) in [6, 6.07) is 11.7. The van der Waals surface area contributed by atoms with Crippen molar-refractivity contribution in [3.8, 4) is 11.1 Å². The van der Waals surface area contributed by atoms with E-state index in [1.165, 1.54) is 0 Å². The fourth-order valence-electron chi connectivity index (χ4n) is 5.11. The lowest BCUT2D eigenvalue weighted by Gasteiger charge is -2.37. The molecule has 1 fully saturated rings. The SMILES string of the molecule is CN1Cc2cc(-c3cccc4c3C(=O)N(C(C3CC3)C(C)(C)O)C4)ccc2C1=O. The number of rotatable bonds is 4. The predicted octanol–water partition coefficient (Wildman–Crippen LogP) is 3.44. The van der Waals surface area contributed by atoms with Gasteiger partial charge in [-0.25, -0.2) is 0 Å². The summed E-state index contributed by atoms with van der Waals surface area (Å²) in [7, 11) is 1.80. The average molecular weight is 390 g/mol. The zero-order chi connectivity index (χ0) is 20.5. The maximum Gasteiger partial charge on any atom is 0.255 e. The van der Waals surface area contributed by atoms with Gasteiger partial charge in [-0.3, -0.25) is 9.59 Å². The molecule has 0 bridgehead atoms. The summed E-state index contributed by atoms with van der Waals surface area (Å²) in [4.78, 5) is 29.3. The van der Waals surface area contributed by atoms with Gasteiger partial charge in [-0.05, 0) is 67.0 Å². The molecule has 5 nitrogen and oxygen atoms in total. The van der Waals surface area contributed by atoms with Crippen LogP contribution in [-0.2, 0) is 13.1 Å². The van der Waals surface area contributed by atoms with Gasteiger partial charge < -0.3 is 14.9 Å². The molecule has 2 aliphatic heterocycles. The largest absolute Gasteiger partial charge is 0.388 e. The topological polar surface area (TPSA) is 60.9 Å². The zero-order valence-electron chi connectivity index (χ0n) is 17.1. The lowest BCUT2D eigenvalue weighted by atomic mass is 9.92. The third kappa shape index (κ3) is 2.87. The van der Waals surface area contributed by atoms with Crippen molar-refractivity contribution in [3.63, 3.8) is 0 Å². The number of amides is 2. The van der Waals surface area contributed by atoms with Gasteiger partial charge in [0.15, 0.2) is 0 Å².